The number of carbonyl (C=O) groups is 3. The van der Waals surface area contributed by atoms with Crippen LogP contribution in [0.3, 0.4) is 0 Å². The largest absolute Gasteiger partial charge is 0.324 e. The summed E-state index contributed by atoms with van der Waals surface area (Å²) in [4.78, 5) is 41.5. The van der Waals surface area contributed by atoms with Gasteiger partial charge in [-0.3, -0.25) is 14.5 Å². The zero-order chi connectivity index (χ0) is 23.4. The summed E-state index contributed by atoms with van der Waals surface area (Å²) in [5.74, 6) is -0.446. The number of para-hydroxylation sites is 1. The molecular formula is C27H27N3O3. The predicted molar refractivity (Wildman–Crippen MR) is 130 cm³/mol. The molecule has 1 N–H and O–H groups in total. The fourth-order valence-corrected chi connectivity index (χ4v) is 3.99. The van der Waals surface area contributed by atoms with Crippen molar-refractivity contribution >= 4 is 29.1 Å². The Kier molecular flexibility index (Phi) is 6.54. The highest BCUT2D eigenvalue weighted by atomic mass is 16.2. The third-order valence-electron chi connectivity index (χ3n) is 5.78. The summed E-state index contributed by atoms with van der Waals surface area (Å²) in [6.45, 7) is 5.36. The van der Waals surface area contributed by atoms with E-state index in [0.29, 0.717) is 42.1 Å². The molecule has 33 heavy (non-hydrogen) atoms. The van der Waals surface area contributed by atoms with Crippen molar-refractivity contribution in [1.29, 1.82) is 0 Å². The maximum Gasteiger partial charge on any atom is 0.324 e. The molecule has 168 valence electrons. The van der Waals surface area contributed by atoms with Crippen molar-refractivity contribution in [2.75, 3.05) is 23.3 Å². The Labute approximate surface area is 193 Å². The molecule has 0 saturated carbocycles. The number of Topliss-reactive ketones (excluding diaryl/α,β-unsaturated/α-hetero) is 1. The number of amides is 3. The molecule has 0 bridgehead atoms. The molecule has 1 aliphatic rings. The van der Waals surface area contributed by atoms with Crippen LogP contribution >= 0.6 is 0 Å². The minimum Gasteiger partial charge on any atom is -0.321 e. The van der Waals surface area contributed by atoms with Gasteiger partial charge in [0.05, 0.1) is 5.69 Å². The van der Waals surface area contributed by atoms with Gasteiger partial charge in [0, 0.05) is 36.4 Å². The van der Waals surface area contributed by atoms with Crippen LogP contribution < -0.4 is 10.2 Å². The molecule has 6 nitrogen and oxygen atoms in total. The average Bonchev–Trinajstić information content (AvgIpc) is 2.82. The summed E-state index contributed by atoms with van der Waals surface area (Å²) in [5.41, 5.74) is 4.31. The van der Waals surface area contributed by atoms with Gasteiger partial charge in [0.15, 0.2) is 5.78 Å². The smallest absolute Gasteiger partial charge is 0.321 e. The topological polar surface area (TPSA) is 69.7 Å². The zero-order valence-corrected chi connectivity index (χ0v) is 18.9. The highest BCUT2D eigenvalue weighted by Crippen LogP contribution is 2.24. The maximum atomic E-state index is 13.2. The molecule has 4 rings (SSSR count). The van der Waals surface area contributed by atoms with Crippen molar-refractivity contribution < 1.29 is 14.4 Å². The highest BCUT2D eigenvalue weighted by molar-refractivity contribution is 6.09. The number of carbonyl (C=O) groups excluding carboxylic acids is 3. The Bertz CT molecular complexity index is 1190. The van der Waals surface area contributed by atoms with E-state index in [1.54, 1.807) is 47.4 Å². The number of nitrogens with zero attached hydrogens (tertiary/aromatic N) is 2. The van der Waals surface area contributed by atoms with Gasteiger partial charge in [0.2, 0.25) is 0 Å². The Morgan fingerprint density at radius 1 is 0.939 bits per heavy atom. The third kappa shape index (κ3) is 5.12. The lowest BCUT2D eigenvalue weighted by molar-refractivity contribution is 0.101. The summed E-state index contributed by atoms with van der Waals surface area (Å²) in [6, 6.07) is 22.1. The standard InChI is InChI=1S/C27H27N3O3/c1-19-11-13-21(14-12-19)18-29-15-6-16-30(27(29)33)23-8-5-7-22(17-23)26(32)28-25-10-4-3-9-24(25)20(2)31/h3-5,7-14,17H,6,15-16,18H2,1-2H3,(H,28,32). The van der Waals surface area contributed by atoms with Crippen molar-refractivity contribution in [3.05, 3.63) is 95.1 Å². The van der Waals surface area contributed by atoms with Crippen molar-refractivity contribution in [2.45, 2.75) is 26.8 Å². The van der Waals surface area contributed by atoms with E-state index in [2.05, 4.69) is 5.32 Å². The fraction of sp³-hybridized carbons (Fsp3) is 0.222. The minimum atomic E-state index is -0.327. The lowest BCUT2D eigenvalue weighted by atomic mass is 10.1. The van der Waals surface area contributed by atoms with Gasteiger partial charge in [-0.2, -0.15) is 0 Å². The van der Waals surface area contributed by atoms with Crippen molar-refractivity contribution in [3.8, 4) is 0 Å². The van der Waals surface area contributed by atoms with E-state index in [0.717, 1.165) is 12.0 Å². The molecule has 0 radical (unpaired) electrons. The van der Waals surface area contributed by atoms with Crippen LogP contribution in [0.5, 0.6) is 0 Å². The maximum absolute atomic E-state index is 13.2. The van der Waals surface area contributed by atoms with Gasteiger partial charge < -0.3 is 10.2 Å². The number of aryl methyl sites for hydroxylation is 1. The molecule has 0 atom stereocenters. The zero-order valence-electron chi connectivity index (χ0n) is 18.9. The van der Waals surface area contributed by atoms with Crippen molar-refractivity contribution in [2.24, 2.45) is 0 Å². The first-order chi connectivity index (χ1) is 15.9. The van der Waals surface area contributed by atoms with E-state index in [1.165, 1.54) is 12.5 Å². The summed E-state index contributed by atoms with van der Waals surface area (Å²) >= 11 is 0. The highest BCUT2D eigenvalue weighted by Gasteiger charge is 2.27. The lowest BCUT2D eigenvalue weighted by Crippen LogP contribution is -2.49. The summed E-state index contributed by atoms with van der Waals surface area (Å²) < 4.78 is 0. The molecule has 3 aromatic carbocycles. The van der Waals surface area contributed by atoms with Crippen LogP contribution in [0.1, 0.15) is 45.2 Å². The first-order valence-corrected chi connectivity index (χ1v) is 11.1. The van der Waals surface area contributed by atoms with Crippen LogP contribution in [0.4, 0.5) is 16.2 Å². The number of hydrogen-bond acceptors (Lipinski definition) is 3. The normalized spacial score (nSPS) is 13.7. The average molecular weight is 442 g/mol. The molecule has 3 amide bonds. The van der Waals surface area contributed by atoms with Gasteiger partial charge in [-0.1, -0.05) is 48.0 Å². The van der Waals surface area contributed by atoms with E-state index >= 15 is 0 Å². The van der Waals surface area contributed by atoms with Gasteiger partial charge >= 0.3 is 6.03 Å². The van der Waals surface area contributed by atoms with Crippen LogP contribution in [0.2, 0.25) is 0 Å². The molecule has 1 saturated heterocycles. The first kappa shape index (κ1) is 22.3. The molecule has 1 heterocycles. The number of benzene rings is 3. The van der Waals surface area contributed by atoms with Gasteiger partial charge in [-0.05, 0) is 56.2 Å². The SMILES string of the molecule is CC(=O)c1ccccc1NC(=O)c1cccc(N2CCCN(Cc3ccc(C)cc3)C2=O)c1. The minimum absolute atomic E-state index is 0.0682. The molecule has 3 aromatic rings. The monoisotopic (exact) mass is 441 g/mol. The molecule has 1 aliphatic heterocycles. The van der Waals surface area contributed by atoms with Crippen LogP contribution in [0.25, 0.3) is 0 Å². The number of ketones is 1. The van der Waals surface area contributed by atoms with Gasteiger partial charge in [-0.15, -0.1) is 0 Å². The van der Waals surface area contributed by atoms with Gasteiger partial charge in [0.1, 0.15) is 0 Å². The van der Waals surface area contributed by atoms with E-state index in [9.17, 15) is 14.4 Å². The lowest BCUT2D eigenvalue weighted by Gasteiger charge is -2.36. The fourth-order valence-electron chi connectivity index (χ4n) is 3.99. The summed E-state index contributed by atoms with van der Waals surface area (Å²) in [7, 11) is 0. The molecule has 1 fully saturated rings. The van der Waals surface area contributed by atoms with Crippen LogP contribution in [-0.2, 0) is 6.54 Å². The van der Waals surface area contributed by atoms with E-state index < -0.39 is 0 Å². The van der Waals surface area contributed by atoms with Crippen molar-refractivity contribution in [1.82, 2.24) is 4.90 Å². The first-order valence-electron chi connectivity index (χ1n) is 11.1. The second-order valence-electron chi connectivity index (χ2n) is 8.30. The Hall–Kier alpha value is -3.93. The predicted octanol–water partition coefficient (Wildman–Crippen LogP) is 5.28. The molecule has 0 aromatic heterocycles. The van der Waals surface area contributed by atoms with Gasteiger partial charge in [0.25, 0.3) is 5.91 Å². The second-order valence-corrected chi connectivity index (χ2v) is 8.30. The third-order valence-corrected chi connectivity index (χ3v) is 5.78. The number of rotatable bonds is 6. The molecule has 0 spiro atoms. The van der Waals surface area contributed by atoms with Crippen LogP contribution in [0, 0.1) is 6.92 Å². The van der Waals surface area contributed by atoms with Crippen LogP contribution in [0.15, 0.2) is 72.8 Å². The number of anilines is 2. The van der Waals surface area contributed by atoms with Gasteiger partial charge in [-0.25, -0.2) is 4.79 Å². The summed E-state index contributed by atoms with van der Waals surface area (Å²) in [6.07, 6.45) is 0.847. The van der Waals surface area contributed by atoms with Crippen LogP contribution in [-0.4, -0.2) is 35.7 Å². The molecule has 0 unspecified atom stereocenters. The molecular weight excluding hydrogens is 414 g/mol. The Morgan fingerprint density at radius 2 is 1.70 bits per heavy atom. The Morgan fingerprint density at radius 3 is 2.45 bits per heavy atom. The second kappa shape index (κ2) is 9.69. The van der Waals surface area contributed by atoms with E-state index in [1.807, 2.05) is 42.2 Å². The van der Waals surface area contributed by atoms with E-state index in [4.69, 9.17) is 0 Å². The number of urea groups is 1. The van der Waals surface area contributed by atoms with E-state index in [-0.39, 0.29) is 17.7 Å². The molecule has 0 aliphatic carbocycles. The Balaban J connectivity index is 1.51. The summed E-state index contributed by atoms with van der Waals surface area (Å²) in [5, 5.41) is 2.82. The molecule has 6 heteroatoms. The quantitative estimate of drug-likeness (QED) is 0.529. The van der Waals surface area contributed by atoms with Crippen molar-refractivity contribution in [3.63, 3.8) is 0 Å². The number of hydrogen-bond donors (Lipinski definition) is 1. The number of nitrogens with one attached hydrogen (secondary N) is 1.